The van der Waals surface area contributed by atoms with E-state index in [0.717, 1.165) is 18.0 Å². The van der Waals surface area contributed by atoms with Crippen molar-refractivity contribution >= 4 is 0 Å². The summed E-state index contributed by atoms with van der Waals surface area (Å²) in [5.41, 5.74) is 1.16. The van der Waals surface area contributed by atoms with Crippen LogP contribution in [-0.2, 0) is 0 Å². The van der Waals surface area contributed by atoms with Gasteiger partial charge in [0.25, 0.3) is 0 Å². The Bertz CT molecular complexity index is 345. The van der Waals surface area contributed by atoms with Gasteiger partial charge in [-0.1, -0.05) is 31.4 Å². The minimum Gasteiger partial charge on any atom is -0.319 e. The summed E-state index contributed by atoms with van der Waals surface area (Å²) < 4.78 is 13.3. The number of halogens is 1. The van der Waals surface area contributed by atoms with Crippen molar-refractivity contribution in [3.05, 3.63) is 35.6 Å². The van der Waals surface area contributed by atoms with E-state index in [9.17, 15) is 4.39 Å². The van der Waals surface area contributed by atoms with Gasteiger partial charge < -0.3 is 5.32 Å². The fraction of sp³-hybridized carbons (Fsp3) is 0.600. The quantitative estimate of drug-likeness (QED) is 0.839. The second-order valence-corrected chi connectivity index (χ2v) is 5.12. The number of benzene rings is 1. The summed E-state index contributed by atoms with van der Waals surface area (Å²) in [6.45, 7) is 0.952. The van der Waals surface area contributed by atoms with Gasteiger partial charge in [0, 0.05) is 6.54 Å². The Morgan fingerprint density at radius 1 is 1.29 bits per heavy atom. The second kappa shape index (κ2) is 6.15. The fourth-order valence-electron chi connectivity index (χ4n) is 3.05. The van der Waals surface area contributed by atoms with E-state index in [2.05, 4.69) is 11.4 Å². The predicted molar refractivity (Wildman–Crippen MR) is 69.6 cm³/mol. The molecular weight excluding hydrogens is 213 g/mol. The van der Waals surface area contributed by atoms with Crippen LogP contribution in [-0.4, -0.2) is 13.6 Å². The first-order chi connectivity index (χ1) is 8.31. The average molecular weight is 235 g/mol. The molecule has 0 aliphatic heterocycles. The molecule has 0 radical (unpaired) electrons. The number of hydrogen-bond donors (Lipinski definition) is 1. The third-order valence-corrected chi connectivity index (χ3v) is 3.92. The van der Waals surface area contributed by atoms with Gasteiger partial charge in [-0.2, -0.15) is 0 Å². The molecule has 0 amide bonds. The molecule has 1 nitrogen and oxygen atoms in total. The molecule has 94 valence electrons. The van der Waals surface area contributed by atoms with Crippen molar-refractivity contribution < 1.29 is 4.39 Å². The van der Waals surface area contributed by atoms with E-state index in [-0.39, 0.29) is 5.82 Å². The molecule has 1 fully saturated rings. The van der Waals surface area contributed by atoms with Crippen molar-refractivity contribution in [2.24, 2.45) is 5.92 Å². The van der Waals surface area contributed by atoms with Gasteiger partial charge in [0.05, 0.1) is 0 Å². The molecule has 1 aromatic rings. The first kappa shape index (κ1) is 12.6. The summed E-state index contributed by atoms with van der Waals surface area (Å²) in [5, 5.41) is 3.26. The summed E-state index contributed by atoms with van der Waals surface area (Å²) in [4.78, 5) is 0. The van der Waals surface area contributed by atoms with Crippen LogP contribution >= 0.6 is 0 Å². The van der Waals surface area contributed by atoms with Crippen LogP contribution in [0, 0.1) is 11.7 Å². The maximum Gasteiger partial charge on any atom is 0.123 e. The molecule has 0 bridgehead atoms. The zero-order chi connectivity index (χ0) is 12.1. The lowest BCUT2D eigenvalue weighted by molar-refractivity contribution is 0.299. The number of likely N-dealkylation sites (N-methyl/N-ethyl adjacent to an activating group) is 1. The molecule has 1 aromatic carbocycles. The Kier molecular flexibility index (Phi) is 4.55. The lowest BCUT2D eigenvalue weighted by Crippen LogP contribution is -2.25. The Morgan fingerprint density at radius 2 is 2.06 bits per heavy atom. The summed E-state index contributed by atoms with van der Waals surface area (Å²) in [5.74, 6) is 1.08. The normalized spacial score (nSPS) is 19.2. The fourth-order valence-corrected chi connectivity index (χ4v) is 3.05. The van der Waals surface area contributed by atoms with Gasteiger partial charge >= 0.3 is 0 Å². The average Bonchev–Trinajstić information content (AvgIpc) is 2.37. The maximum atomic E-state index is 13.3. The van der Waals surface area contributed by atoms with Crippen LogP contribution in [0.1, 0.15) is 43.6 Å². The molecule has 0 heterocycles. The van der Waals surface area contributed by atoms with Gasteiger partial charge in [0.1, 0.15) is 5.82 Å². The van der Waals surface area contributed by atoms with Crippen molar-refractivity contribution in [1.29, 1.82) is 0 Å². The lowest BCUT2D eigenvalue weighted by atomic mass is 9.77. The zero-order valence-corrected chi connectivity index (χ0v) is 10.6. The third kappa shape index (κ3) is 3.29. The molecule has 1 N–H and O–H groups in total. The van der Waals surface area contributed by atoms with E-state index >= 15 is 0 Å². The Labute approximate surface area is 103 Å². The first-order valence-electron chi connectivity index (χ1n) is 6.71. The monoisotopic (exact) mass is 235 g/mol. The topological polar surface area (TPSA) is 12.0 Å². The molecule has 1 saturated carbocycles. The van der Waals surface area contributed by atoms with Crippen LogP contribution in [0.15, 0.2) is 24.3 Å². The van der Waals surface area contributed by atoms with Crippen LogP contribution in [0.5, 0.6) is 0 Å². The van der Waals surface area contributed by atoms with E-state index in [0.29, 0.717) is 5.92 Å². The third-order valence-electron chi connectivity index (χ3n) is 3.92. The van der Waals surface area contributed by atoms with Crippen LogP contribution < -0.4 is 5.32 Å². The second-order valence-electron chi connectivity index (χ2n) is 5.12. The molecule has 2 heteroatoms. The molecule has 2 rings (SSSR count). The highest BCUT2D eigenvalue weighted by atomic mass is 19.1. The minimum atomic E-state index is -0.112. The summed E-state index contributed by atoms with van der Waals surface area (Å²) in [6, 6.07) is 7.13. The number of rotatable bonds is 4. The van der Waals surface area contributed by atoms with E-state index < -0.39 is 0 Å². The molecule has 1 aliphatic carbocycles. The van der Waals surface area contributed by atoms with Gasteiger partial charge in [-0.15, -0.1) is 0 Å². The smallest absolute Gasteiger partial charge is 0.123 e. The van der Waals surface area contributed by atoms with E-state index in [4.69, 9.17) is 0 Å². The molecule has 17 heavy (non-hydrogen) atoms. The van der Waals surface area contributed by atoms with Crippen molar-refractivity contribution in [3.63, 3.8) is 0 Å². The molecule has 1 atom stereocenters. The first-order valence-corrected chi connectivity index (χ1v) is 6.71. The highest BCUT2D eigenvalue weighted by Crippen LogP contribution is 2.35. The van der Waals surface area contributed by atoms with Crippen LogP contribution in [0.3, 0.4) is 0 Å². The predicted octanol–water partition coefficient (Wildman–Crippen LogP) is 3.71. The number of nitrogens with one attached hydrogen (secondary N) is 1. The molecule has 1 aliphatic rings. The minimum absolute atomic E-state index is 0.112. The number of hydrogen-bond acceptors (Lipinski definition) is 1. The molecule has 0 saturated heterocycles. The van der Waals surface area contributed by atoms with Crippen LogP contribution in [0.4, 0.5) is 4.39 Å². The van der Waals surface area contributed by atoms with E-state index in [1.54, 1.807) is 6.07 Å². The van der Waals surface area contributed by atoms with Crippen LogP contribution in [0.25, 0.3) is 0 Å². The van der Waals surface area contributed by atoms with Gasteiger partial charge in [-0.05, 0) is 49.4 Å². The lowest BCUT2D eigenvalue weighted by Gasteiger charge is -2.30. The SMILES string of the molecule is CNCC(c1cccc(F)c1)C1CCCCC1. The summed E-state index contributed by atoms with van der Waals surface area (Å²) in [7, 11) is 1.98. The van der Waals surface area contributed by atoms with Gasteiger partial charge in [-0.3, -0.25) is 0 Å². The van der Waals surface area contributed by atoms with Crippen molar-refractivity contribution in [2.75, 3.05) is 13.6 Å². The maximum absolute atomic E-state index is 13.3. The summed E-state index contributed by atoms with van der Waals surface area (Å²) in [6.07, 6.45) is 6.62. The zero-order valence-electron chi connectivity index (χ0n) is 10.6. The molecule has 1 unspecified atom stereocenters. The van der Waals surface area contributed by atoms with Crippen molar-refractivity contribution in [3.8, 4) is 0 Å². The van der Waals surface area contributed by atoms with Gasteiger partial charge in [-0.25, -0.2) is 4.39 Å². The van der Waals surface area contributed by atoms with E-state index in [1.807, 2.05) is 13.1 Å². The Hall–Kier alpha value is -0.890. The summed E-state index contributed by atoms with van der Waals surface area (Å²) >= 11 is 0. The largest absolute Gasteiger partial charge is 0.319 e. The highest BCUT2D eigenvalue weighted by Gasteiger charge is 2.24. The molecular formula is C15H22FN. The van der Waals surface area contributed by atoms with Crippen molar-refractivity contribution in [2.45, 2.75) is 38.0 Å². The standard InChI is InChI=1S/C15H22FN/c1-17-11-15(12-6-3-2-4-7-12)13-8-5-9-14(16)10-13/h5,8-10,12,15,17H,2-4,6-7,11H2,1H3. The van der Waals surface area contributed by atoms with Crippen LogP contribution in [0.2, 0.25) is 0 Å². The van der Waals surface area contributed by atoms with Crippen molar-refractivity contribution in [1.82, 2.24) is 5.32 Å². The van der Waals surface area contributed by atoms with Gasteiger partial charge in [0.2, 0.25) is 0 Å². The molecule has 0 spiro atoms. The highest BCUT2D eigenvalue weighted by molar-refractivity contribution is 5.22. The van der Waals surface area contributed by atoms with E-state index in [1.165, 1.54) is 38.2 Å². The Morgan fingerprint density at radius 3 is 2.71 bits per heavy atom. The molecule has 0 aromatic heterocycles. The Balaban J connectivity index is 2.15. The van der Waals surface area contributed by atoms with Gasteiger partial charge in [0.15, 0.2) is 0 Å².